The number of benzene rings is 1. The van der Waals surface area contributed by atoms with Gasteiger partial charge in [-0.3, -0.25) is 4.79 Å². The highest BCUT2D eigenvalue weighted by molar-refractivity contribution is 7.58. The summed E-state index contributed by atoms with van der Waals surface area (Å²) in [5.41, 5.74) is 0.238. The van der Waals surface area contributed by atoms with Gasteiger partial charge >= 0.3 is 11.3 Å². The van der Waals surface area contributed by atoms with Gasteiger partial charge < -0.3 is 17.0 Å². The molecular formula is C9H5N3O2S. The molecule has 0 saturated carbocycles. The highest BCUT2D eigenvalue weighted by Gasteiger charge is 2.16. The molecule has 15 heavy (non-hydrogen) atoms. The van der Waals surface area contributed by atoms with Gasteiger partial charge in [-0.05, 0) is 12.1 Å². The summed E-state index contributed by atoms with van der Waals surface area (Å²) in [6.07, 6.45) is 0. The lowest BCUT2D eigenvalue weighted by Gasteiger charge is -1.89. The van der Waals surface area contributed by atoms with Crippen molar-refractivity contribution < 1.29 is 9.05 Å². The van der Waals surface area contributed by atoms with Gasteiger partial charge in [0.2, 0.25) is 0 Å². The first kappa shape index (κ1) is 8.37. The van der Waals surface area contributed by atoms with Gasteiger partial charge in [0, 0.05) is 5.10 Å². The molecule has 0 amide bonds. The van der Waals surface area contributed by atoms with Gasteiger partial charge in [-0.1, -0.05) is 17.2 Å². The van der Waals surface area contributed by atoms with Gasteiger partial charge in [0.25, 0.3) is 0 Å². The Morgan fingerprint density at radius 1 is 1.33 bits per heavy atom. The fourth-order valence-corrected chi connectivity index (χ4v) is 1.70. The summed E-state index contributed by atoms with van der Waals surface area (Å²) >= 11 is 4.80. The van der Waals surface area contributed by atoms with Crippen LogP contribution in [0.25, 0.3) is 16.5 Å². The van der Waals surface area contributed by atoms with Crippen molar-refractivity contribution in [1.29, 1.82) is 0 Å². The fraction of sp³-hybridized carbons (Fsp3) is 0. The van der Waals surface area contributed by atoms with Crippen LogP contribution in [0.2, 0.25) is 0 Å². The van der Waals surface area contributed by atoms with E-state index < -0.39 is 0 Å². The molecule has 1 N–H and O–H groups in total. The van der Waals surface area contributed by atoms with E-state index >= 15 is 0 Å². The first-order chi connectivity index (χ1) is 7.25. The molecular weight excluding hydrogens is 214 g/mol. The number of aromatic amines is 1. The highest BCUT2D eigenvalue weighted by Crippen LogP contribution is 2.12. The third-order valence-corrected chi connectivity index (χ3v) is 2.33. The van der Waals surface area contributed by atoms with E-state index in [1.54, 1.807) is 18.2 Å². The Kier molecular flexibility index (Phi) is 1.54. The number of nitrogens with zero attached hydrogens (tertiary/aromatic N) is 2. The molecule has 0 aliphatic heterocycles. The smallest absolute Gasteiger partial charge is 0.437 e. The predicted octanol–water partition coefficient (Wildman–Crippen LogP) is 0.161. The number of aromatic nitrogens is 3. The molecule has 0 spiro atoms. The molecule has 0 unspecified atom stereocenters. The minimum absolute atomic E-state index is 0.0991. The molecule has 3 aromatic rings. The zero-order valence-electron chi connectivity index (χ0n) is 7.43. The molecule has 74 valence electrons. The van der Waals surface area contributed by atoms with Crippen LogP contribution in [-0.2, 0) is 12.6 Å². The van der Waals surface area contributed by atoms with Crippen molar-refractivity contribution >= 4 is 29.1 Å². The van der Waals surface area contributed by atoms with E-state index in [1.807, 2.05) is 6.07 Å². The van der Waals surface area contributed by atoms with Crippen molar-refractivity contribution in [3.8, 4) is 0 Å². The second-order valence-electron chi connectivity index (χ2n) is 3.07. The van der Waals surface area contributed by atoms with Crippen molar-refractivity contribution in [1.82, 2.24) is 10.2 Å². The number of hydrogen-bond acceptors (Lipinski definition) is 4. The number of rotatable bonds is 0. The van der Waals surface area contributed by atoms with E-state index in [4.69, 9.17) is 17.0 Å². The molecule has 0 bridgehead atoms. The standard InChI is InChI=1S/C9H5N3O2S/c13-7-5-3-1-2-4-6(5)8-12(10-7)11-9(15)14-8/h1-4H,(H-,10,11,13,15). The Hall–Kier alpha value is -1.95. The Balaban J connectivity index is 2.69. The van der Waals surface area contributed by atoms with Crippen molar-refractivity contribution in [2.24, 2.45) is 0 Å². The predicted molar refractivity (Wildman–Crippen MR) is 53.4 cm³/mol. The molecule has 2 aromatic heterocycles. The molecule has 5 nitrogen and oxygen atoms in total. The van der Waals surface area contributed by atoms with Gasteiger partial charge in [0.05, 0.1) is 10.0 Å². The number of nitrogens with one attached hydrogen (secondary N) is 1. The maximum atomic E-state index is 11.6. The minimum Gasteiger partial charge on any atom is -0.715 e. The third-order valence-electron chi connectivity index (χ3n) is 2.17. The largest absolute Gasteiger partial charge is 0.715 e. The first-order valence-corrected chi connectivity index (χ1v) is 4.67. The Morgan fingerprint density at radius 2 is 2.07 bits per heavy atom. The average Bonchev–Trinajstić information content (AvgIpc) is 2.59. The molecule has 6 heteroatoms. The Morgan fingerprint density at radius 3 is 2.87 bits per heavy atom. The molecule has 1 aromatic carbocycles. The molecule has 3 rings (SSSR count). The summed E-state index contributed by atoms with van der Waals surface area (Å²) in [4.78, 5) is 11.6. The molecule has 2 heterocycles. The van der Waals surface area contributed by atoms with E-state index in [0.29, 0.717) is 16.5 Å². The number of H-pyrrole nitrogens is 1. The summed E-state index contributed by atoms with van der Waals surface area (Å²) in [5, 5.41) is 7.73. The van der Waals surface area contributed by atoms with Crippen LogP contribution in [0, 0.1) is 0 Å². The topological polar surface area (TPSA) is 63.0 Å². The molecule has 0 radical (unpaired) electrons. The monoisotopic (exact) mass is 219 g/mol. The molecule has 0 saturated heterocycles. The average molecular weight is 219 g/mol. The maximum absolute atomic E-state index is 11.6. The molecule has 0 aliphatic rings. The highest BCUT2D eigenvalue weighted by atomic mass is 32.1. The Labute approximate surface area is 88.7 Å². The van der Waals surface area contributed by atoms with Crippen LogP contribution in [0.15, 0.2) is 38.7 Å². The summed E-state index contributed by atoms with van der Waals surface area (Å²) in [6, 6.07) is 7.13. The van der Waals surface area contributed by atoms with E-state index in [0.717, 1.165) is 0 Å². The maximum Gasteiger partial charge on any atom is 0.437 e. The van der Waals surface area contributed by atoms with Gasteiger partial charge in [-0.2, -0.15) is 0 Å². The summed E-state index contributed by atoms with van der Waals surface area (Å²) in [7, 11) is 0. The summed E-state index contributed by atoms with van der Waals surface area (Å²) in [6.45, 7) is 0. The van der Waals surface area contributed by atoms with Gasteiger partial charge in [-0.15, -0.1) is 0 Å². The lowest BCUT2D eigenvalue weighted by atomic mass is 10.2. The first-order valence-electron chi connectivity index (χ1n) is 4.26. The quantitative estimate of drug-likeness (QED) is 0.432. The van der Waals surface area contributed by atoms with Crippen LogP contribution in [-0.4, -0.2) is 10.2 Å². The van der Waals surface area contributed by atoms with Crippen LogP contribution in [0.3, 0.4) is 0 Å². The molecule has 0 aliphatic carbocycles. The van der Waals surface area contributed by atoms with Crippen molar-refractivity contribution in [3.05, 3.63) is 34.6 Å². The lowest BCUT2D eigenvalue weighted by Crippen LogP contribution is -2.35. The fourth-order valence-electron chi connectivity index (χ4n) is 1.54. The third kappa shape index (κ3) is 1.11. The van der Waals surface area contributed by atoms with Crippen LogP contribution in [0.4, 0.5) is 0 Å². The summed E-state index contributed by atoms with van der Waals surface area (Å²) < 4.78 is 6.49. The van der Waals surface area contributed by atoms with Gasteiger partial charge in [-0.25, -0.2) is 0 Å². The second kappa shape index (κ2) is 2.77. The molecule has 0 fully saturated rings. The van der Waals surface area contributed by atoms with Gasteiger partial charge in [0.1, 0.15) is 5.39 Å². The SMILES string of the molecule is O=c1[nH][n+]2nc([S-])oc2c2ccccc12. The zero-order valence-corrected chi connectivity index (χ0v) is 8.25. The van der Waals surface area contributed by atoms with Gasteiger partial charge in [0.15, 0.2) is 5.22 Å². The molecule has 0 atom stereocenters. The van der Waals surface area contributed by atoms with Crippen LogP contribution >= 0.6 is 0 Å². The summed E-state index contributed by atoms with van der Waals surface area (Å²) in [5.74, 6) is 0. The number of hydrogen-bond donors (Lipinski definition) is 1. The lowest BCUT2D eigenvalue weighted by molar-refractivity contribution is -0.645. The Bertz CT molecular complexity index is 716. The van der Waals surface area contributed by atoms with E-state index in [2.05, 4.69) is 10.2 Å². The number of fused-ring (bicyclic) bond motifs is 3. The van der Waals surface area contributed by atoms with Crippen molar-refractivity contribution in [3.63, 3.8) is 0 Å². The van der Waals surface area contributed by atoms with Crippen molar-refractivity contribution in [2.75, 3.05) is 0 Å². The zero-order chi connectivity index (χ0) is 10.4. The van der Waals surface area contributed by atoms with E-state index in [9.17, 15) is 4.79 Å². The second-order valence-corrected chi connectivity index (χ2v) is 3.42. The van der Waals surface area contributed by atoms with Crippen molar-refractivity contribution in [2.45, 2.75) is 5.22 Å². The minimum atomic E-state index is -0.216. The van der Waals surface area contributed by atoms with Crippen LogP contribution < -0.4 is 10.2 Å². The normalized spacial score (nSPS) is 11.2. The van der Waals surface area contributed by atoms with Crippen LogP contribution in [0.5, 0.6) is 0 Å². The van der Waals surface area contributed by atoms with Crippen LogP contribution in [0.1, 0.15) is 0 Å². The van der Waals surface area contributed by atoms with E-state index in [-0.39, 0.29) is 10.8 Å². The van der Waals surface area contributed by atoms with E-state index in [1.165, 1.54) is 4.63 Å².